The van der Waals surface area contributed by atoms with Crippen molar-refractivity contribution in [1.82, 2.24) is 30.4 Å². The van der Waals surface area contributed by atoms with Crippen molar-refractivity contribution in [3.8, 4) is 0 Å². The molecule has 2 aliphatic carbocycles. The fourth-order valence-corrected chi connectivity index (χ4v) is 5.23. The summed E-state index contributed by atoms with van der Waals surface area (Å²) >= 11 is 0. The molecule has 0 radical (unpaired) electrons. The highest BCUT2D eigenvalue weighted by atomic mass is 16.2. The van der Waals surface area contributed by atoms with Gasteiger partial charge in [0.1, 0.15) is 11.2 Å². The number of fused-ring (bicyclic) bond motifs is 4. The van der Waals surface area contributed by atoms with Crippen LogP contribution in [-0.4, -0.2) is 55.5 Å². The highest BCUT2D eigenvalue weighted by Gasteiger charge is 2.44. The first-order valence-electron chi connectivity index (χ1n) is 11.2. The van der Waals surface area contributed by atoms with Crippen LogP contribution in [0.15, 0.2) is 35.4 Å². The van der Waals surface area contributed by atoms with Gasteiger partial charge in [0.05, 0.1) is 11.6 Å². The zero-order valence-electron chi connectivity index (χ0n) is 17.5. The molecule has 3 N–H and O–H groups in total. The Bertz CT molecular complexity index is 1280. The predicted octanol–water partition coefficient (Wildman–Crippen LogP) is 1.95. The first kappa shape index (κ1) is 19.2. The topological polar surface area (TPSA) is 124 Å². The first-order chi connectivity index (χ1) is 15.6. The number of carbonyl (C=O) groups is 2. The second-order valence-corrected chi connectivity index (χ2v) is 9.24. The molecule has 164 valence electrons. The maximum absolute atomic E-state index is 13.2. The Labute approximate surface area is 183 Å². The molecular weight excluding hydrogens is 408 g/mol. The molecule has 5 heterocycles. The molecular formula is C23H24N6O3. The van der Waals surface area contributed by atoms with Crippen molar-refractivity contribution in [1.29, 1.82) is 0 Å². The van der Waals surface area contributed by atoms with Gasteiger partial charge in [0, 0.05) is 42.0 Å². The second kappa shape index (κ2) is 7.29. The number of rotatable bonds is 4. The second-order valence-electron chi connectivity index (χ2n) is 9.24. The molecule has 2 bridgehead atoms. The van der Waals surface area contributed by atoms with Crippen LogP contribution in [0.3, 0.4) is 0 Å². The average Bonchev–Trinajstić information content (AvgIpc) is 3.55. The normalized spacial score (nSPS) is 24.6. The van der Waals surface area contributed by atoms with Crippen LogP contribution in [-0.2, 0) is 0 Å². The van der Waals surface area contributed by atoms with Gasteiger partial charge < -0.3 is 15.2 Å². The van der Waals surface area contributed by atoms with E-state index >= 15 is 0 Å². The van der Waals surface area contributed by atoms with Crippen molar-refractivity contribution in [2.45, 2.75) is 50.1 Å². The Morgan fingerprint density at radius 1 is 1.16 bits per heavy atom. The van der Waals surface area contributed by atoms with E-state index in [0.717, 1.165) is 37.8 Å². The van der Waals surface area contributed by atoms with Gasteiger partial charge in [0.2, 0.25) is 0 Å². The molecule has 2 amide bonds. The van der Waals surface area contributed by atoms with Crippen LogP contribution < -0.4 is 10.9 Å². The van der Waals surface area contributed by atoms with Crippen molar-refractivity contribution in [2.75, 3.05) is 6.54 Å². The molecule has 3 atom stereocenters. The lowest BCUT2D eigenvalue weighted by Gasteiger charge is -2.49. The third-order valence-corrected chi connectivity index (χ3v) is 7.06. The van der Waals surface area contributed by atoms with E-state index in [4.69, 9.17) is 0 Å². The number of aromatic nitrogens is 4. The number of hydrogen-bond donors (Lipinski definition) is 3. The summed E-state index contributed by atoms with van der Waals surface area (Å²) in [6, 6.07) is 5.13. The summed E-state index contributed by atoms with van der Waals surface area (Å²) in [6.07, 6.45) is 8.06. The van der Waals surface area contributed by atoms with Gasteiger partial charge >= 0.3 is 0 Å². The van der Waals surface area contributed by atoms with E-state index in [9.17, 15) is 14.4 Å². The first-order valence-corrected chi connectivity index (χ1v) is 11.2. The Hall–Kier alpha value is -3.49. The van der Waals surface area contributed by atoms with Gasteiger partial charge in [-0.1, -0.05) is 0 Å². The fourth-order valence-electron chi connectivity index (χ4n) is 5.23. The van der Waals surface area contributed by atoms with E-state index in [1.165, 1.54) is 6.20 Å². The zero-order chi connectivity index (χ0) is 21.8. The predicted molar refractivity (Wildman–Crippen MR) is 116 cm³/mol. The van der Waals surface area contributed by atoms with Gasteiger partial charge in [0.15, 0.2) is 0 Å². The van der Waals surface area contributed by atoms with E-state index in [2.05, 4.69) is 25.5 Å². The highest BCUT2D eigenvalue weighted by molar-refractivity contribution is 5.97. The van der Waals surface area contributed by atoms with Crippen molar-refractivity contribution >= 4 is 22.7 Å². The lowest BCUT2D eigenvalue weighted by atomic mass is 9.76. The van der Waals surface area contributed by atoms with Crippen molar-refractivity contribution in [3.05, 3.63) is 57.9 Å². The van der Waals surface area contributed by atoms with Crippen LogP contribution in [0.2, 0.25) is 0 Å². The largest absolute Gasteiger partial charge is 0.347 e. The van der Waals surface area contributed by atoms with Crippen LogP contribution in [0.25, 0.3) is 10.9 Å². The molecule has 32 heavy (non-hydrogen) atoms. The number of nitrogens with zero attached hydrogens (tertiary/aromatic N) is 3. The minimum absolute atomic E-state index is 0.0474. The van der Waals surface area contributed by atoms with E-state index in [1.807, 2.05) is 11.0 Å². The molecule has 7 rings (SSSR count). The quantitative estimate of drug-likeness (QED) is 0.581. The van der Waals surface area contributed by atoms with Crippen LogP contribution >= 0.6 is 0 Å². The molecule has 4 fully saturated rings. The Balaban J connectivity index is 1.20. The van der Waals surface area contributed by atoms with Crippen molar-refractivity contribution < 1.29 is 9.59 Å². The highest BCUT2D eigenvalue weighted by Crippen LogP contribution is 2.40. The summed E-state index contributed by atoms with van der Waals surface area (Å²) in [4.78, 5) is 46.7. The molecule has 0 aromatic carbocycles. The third-order valence-electron chi connectivity index (χ3n) is 7.06. The van der Waals surface area contributed by atoms with Gasteiger partial charge in [-0.05, 0) is 56.2 Å². The number of nitrogens with one attached hydrogen (secondary N) is 3. The minimum atomic E-state index is -0.281. The number of hydrogen-bond acceptors (Lipinski definition) is 5. The summed E-state index contributed by atoms with van der Waals surface area (Å²) in [5, 5.41) is 11.0. The number of pyridine rings is 2. The molecule has 4 aliphatic rings. The standard InChI is InChI=1S/C23H24N6O3/c30-21(15-8-14-5-6-24-22(31)20(14)25-10-15)26-17-7-12-1-4-19(17)29(11-12)23(32)18-9-16(27-28-18)13-2-3-13/h5-6,8-10,12-13,17,19H,1-4,7,11H2,(H,24,31)(H,26,30)(H,27,28). The van der Waals surface area contributed by atoms with Gasteiger partial charge in [-0.3, -0.25) is 19.5 Å². The van der Waals surface area contributed by atoms with Crippen LogP contribution in [0, 0.1) is 5.92 Å². The zero-order valence-corrected chi connectivity index (χ0v) is 17.5. The maximum Gasteiger partial charge on any atom is 0.274 e. The third kappa shape index (κ3) is 3.28. The summed E-state index contributed by atoms with van der Waals surface area (Å²) < 4.78 is 0. The molecule has 2 aliphatic heterocycles. The number of aromatic amines is 2. The summed E-state index contributed by atoms with van der Waals surface area (Å²) in [6.45, 7) is 0.710. The molecule has 2 saturated heterocycles. The summed E-state index contributed by atoms with van der Waals surface area (Å²) in [5.41, 5.74) is 1.94. The summed E-state index contributed by atoms with van der Waals surface area (Å²) in [7, 11) is 0. The smallest absolute Gasteiger partial charge is 0.274 e. The lowest BCUT2D eigenvalue weighted by Crippen LogP contribution is -2.62. The summed E-state index contributed by atoms with van der Waals surface area (Å²) in [5.74, 6) is 0.582. The fraction of sp³-hybridized carbons (Fsp3) is 0.435. The Morgan fingerprint density at radius 2 is 2.03 bits per heavy atom. The van der Waals surface area contributed by atoms with Gasteiger partial charge in [-0.2, -0.15) is 5.10 Å². The number of H-pyrrole nitrogens is 2. The van der Waals surface area contributed by atoms with E-state index < -0.39 is 0 Å². The molecule has 3 aromatic heterocycles. The lowest BCUT2D eigenvalue weighted by molar-refractivity contribution is 0.0171. The van der Waals surface area contributed by atoms with Crippen molar-refractivity contribution in [3.63, 3.8) is 0 Å². The molecule has 0 spiro atoms. The SMILES string of the molecule is O=C(NC1CC2CCC1N(C(=O)c1cc(C3CC3)[nH]n1)C2)c1cnc2c(=O)[nH]ccc2c1. The Kier molecular flexibility index (Phi) is 4.38. The van der Waals surface area contributed by atoms with Crippen LogP contribution in [0.5, 0.6) is 0 Å². The molecule has 3 unspecified atom stereocenters. The Morgan fingerprint density at radius 3 is 2.84 bits per heavy atom. The molecule has 2 saturated carbocycles. The van der Waals surface area contributed by atoms with E-state index in [-0.39, 0.29) is 29.5 Å². The van der Waals surface area contributed by atoms with Crippen LogP contribution in [0.4, 0.5) is 0 Å². The number of amides is 2. The monoisotopic (exact) mass is 432 g/mol. The molecule has 3 aromatic rings. The minimum Gasteiger partial charge on any atom is -0.347 e. The van der Waals surface area contributed by atoms with E-state index in [1.54, 1.807) is 18.3 Å². The number of piperidine rings is 2. The average molecular weight is 432 g/mol. The molecule has 9 heteroatoms. The van der Waals surface area contributed by atoms with Gasteiger partial charge in [-0.15, -0.1) is 0 Å². The van der Waals surface area contributed by atoms with Gasteiger partial charge in [-0.25, -0.2) is 4.98 Å². The van der Waals surface area contributed by atoms with Crippen LogP contribution in [0.1, 0.15) is 64.6 Å². The van der Waals surface area contributed by atoms with Crippen molar-refractivity contribution in [2.24, 2.45) is 5.92 Å². The number of carbonyl (C=O) groups excluding carboxylic acids is 2. The maximum atomic E-state index is 13.2. The van der Waals surface area contributed by atoms with E-state index in [0.29, 0.717) is 40.5 Å². The molecule has 9 nitrogen and oxygen atoms in total. The van der Waals surface area contributed by atoms with Gasteiger partial charge in [0.25, 0.3) is 17.4 Å².